The molecular formula is C19H25N5O. The van der Waals surface area contributed by atoms with Crippen LogP contribution in [0.3, 0.4) is 0 Å². The predicted octanol–water partition coefficient (Wildman–Crippen LogP) is 1.53. The quantitative estimate of drug-likeness (QED) is 0.406. The van der Waals surface area contributed by atoms with Crippen LogP contribution >= 0.6 is 0 Å². The molecule has 0 saturated heterocycles. The highest BCUT2D eigenvalue weighted by molar-refractivity contribution is 5.94. The molecule has 0 bridgehead atoms. The molecule has 25 heavy (non-hydrogen) atoms. The second-order valence-corrected chi connectivity index (χ2v) is 5.62. The maximum Gasteiger partial charge on any atom is 0.251 e. The van der Waals surface area contributed by atoms with Crippen LogP contribution in [0.1, 0.15) is 21.6 Å². The zero-order chi connectivity index (χ0) is 17.9. The Labute approximate surface area is 148 Å². The molecule has 1 aromatic carbocycles. The predicted molar refractivity (Wildman–Crippen MR) is 101 cm³/mol. The lowest BCUT2D eigenvalue weighted by Gasteiger charge is -2.12. The lowest BCUT2D eigenvalue weighted by molar-refractivity contribution is 0.0954. The summed E-state index contributed by atoms with van der Waals surface area (Å²) in [7, 11) is 1.72. The third-order valence-corrected chi connectivity index (χ3v) is 3.61. The molecule has 0 spiro atoms. The Morgan fingerprint density at radius 2 is 1.84 bits per heavy atom. The van der Waals surface area contributed by atoms with Crippen molar-refractivity contribution in [3.8, 4) is 0 Å². The number of aromatic nitrogens is 1. The van der Waals surface area contributed by atoms with Crippen LogP contribution in [0.25, 0.3) is 0 Å². The standard InChI is InChI=1S/C19H25N5O/c1-15-6-5-7-16(14-15)18(25)22-12-13-24-19(20-2)23-11-9-17-8-3-4-10-21-17/h3-8,10,14H,9,11-13H2,1-2H3,(H,22,25)(H2,20,23,24). The van der Waals surface area contributed by atoms with Crippen LogP contribution in [0.2, 0.25) is 0 Å². The van der Waals surface area contributed by atoms with E-state index in [-0.39, 0.29) is 5.91 Å². The van der Waals surface area contributed by atoms with Gasteiger partial charge in [-0.05, 0) is 31.2 Å². The third-order valence-electron chi connectivity index (χ3n) is 3.61. The molecule has 0 atom stereocenters. The molecular weight excluding hydrogens is 314 g/mol. The average Bonchev–Trinajstić information content (AvgIpc) is 2.64. The van der Waals surface area contributed by atoms with Gasteiger partial charge in [0.05, 0.1) is 0 Å². The molecule has 0 unspecified atom stereocenters. The summed E-state index contributed by atoms with van der Waals surface area (Å²) in [5.41, 5.74) is 2.79. The number of nitrogens with one attached hydrogen (secondary N) is 3. The minimum Gasteiger partial charge on any atom is -0.356 e. The summed E-state index contributed by atoms with van der Waals surface area (Å²) in [6.45, 7) is 3.83. The van der Waals surface area contributed by atoms with Crippen LogP contribution in [0, 0.1) is 6.92 Å². The number of aryl methyl sites for hydroxylation is 1. The van der Waals surface area contributed by atoms with Gasteiger partial charge in [0.2, 0.25) is 0 Å². The molecule has 1 amide bonds. The number of benzene rings is 1. The van der Waals surface area contributed by atoms with Crippen molar-refractivity contribution < 1.29 is 4.79 Å². The Bertz CT molecular complexity index is 700. The van der Waals surface area contributed by atoms with Crippen molar-refractivity contribution in [3.05, 3.63) is 65.5 Å². The number of guanidine groups is 1. The minimum absolute atomic E-state index is 0.0661. The van der Waals surface area contributed by atoms with Gasteiger partial charge in [-0.2, -0.15) is 0 Å². The third kappa shape index (κ3) is 6.63. The summed E-state index contributed by atoms with van der Waals surface area (Å²) >= 11 is 0. The maximum atomic E-state index is 12.0. The summed E-state index contributed by atoms with van der Waals surface area (Å²) in [5, 5.41) is 9.30. The number of hydrogen-bond acceptors (Lipinski definition) is 3. The summed E-state index contributed by atoms with van der Waals surface area (Å²) in [6.07, 6.45) is 2.62. The molecule has 6 nitrogen and oxygen atoms in total. The van der Waals surface area contributed by atoms with E-state index in [9.17, 15) is 4.79 Å². The molecule has 132 valence electrons. The fourth-order valence-corrected chi connectivity index (χ4v) is 2.32. The molecule has 6 heteroatoms. The first-order valence-corrected chi connectivity index (χ1v) is 8.38. The van der Waals surface area contributed by atoms with Crippen LogP contribution < -0.4 is 16.0 Å². The molecule has 0 aliphatic rings. The van der Waals surface area contributed by atoms with Crippen molar-refractivity contribution in [2.24, 2.45) is 4.99 Å². The van der Waals surface area contributed by atoms with Crippen LogP contribution in [-0.2, 0) is 6.42 Å². The number of nitrogens with zero attached hydrogens (tertiary/aromatic N) is 2. The van der Waals surface area contributed by atoms with Crippen molar-refractivity contribution in [1.82, 2.24) is 20.9 Å². The van der Waals surface area contributed by atoms with Crippen molar-refractivity contribution in [3.63, 3.8) is 0 Å². The van der Waals surface area contributed by atoms with Gasteiger partial charge in [-0.15, -0.1) is 0 Å². The molecule has 2 rings (SSSR count). The fourth-order valence-electron chi connectivity index (χ4n) is 2.32. The van der Waals surface area contributed by atoms with E-state index in [2.05, 4.69) is 25.9 Å². The Morgan fingerprint density at radius 1 is 1.04 bits per heavy atom. The fraction of sp³-hybridized carbons (Fsp3) is 0.316. The van der Waals surface area contributed by atoms with E-state index < -0.39 is 0 Å². The number of rotatable bonds is 7. The van der Waals surface area contributed by atoms with E-state index in [0.717, 1.165) is 24.2 Å². The number of aliphatic imine (C=N–C) groups is 1. The highest BCUT2D eigenvalue weighted by Gasteiger charge is 2.04. The first-order valence-electron chi connectivity index (χ1n) is 8.38. The number of carbonyl (C=O) groups excluding carboxylic acids is 1. The number of hydrogen-bond donors (Lipinski definition) is 3. The van der Waals surface area contributed by atoms with Gasteiger partial charge in [-0.25, -0.2) is 0 Å². The molecule has 2 aromatic rings. The van der Waals surface area contributed by atoms with Crippen LogP contribution in [-0.4, -0.2) is 43.5 Å². The SMILES string of the molecule is CN=C(NCCNC(=O)c1cccc(C)c1)NCCc1ccccn1. The molecule has 0 aliphatic carbocycles. The van der Waals surface area contributed by atoms with Gasteiger partial charge in [-0.1, -0.05) is 23.8 Å². The van der Waals surface area contributed by atoms with Crippen molar-refractivity contribution in [2.45, 2.75) is 13.3 Å². The van der Waals surface area contributed by atoms with Crippen LogP contribution in [0.15, 0.2) is 53.7 Å². The van der Waals surface area contributed by atoms with Gasteiger partial charge in [0, 0.05) is 50.6 Å². The van der Waals surface area contributed by atoms with E-state index in [1.165, 1.54) is 0 Å². The number of amides is 1. The monoisotopic (exact) mass is 339 g/mol. The largest absolute Gasteiger partial charge is 0.356 e. The zero-order valence-electron chi connectivity index (χ0n) is 14.7. The van der Waals surface area contributed by atoms with Crippen LogP contribution in [0.5, 0.6) is 0 Å². The summed E-state index contributed by atoms with van der Waals surface area (Å²) < 4.78 is 0. The summed E-state index contributed by atoms with van der Waals surface area (Å²) in [5.74, 6) is 0.643. The summed E-state index contributed by atoms with van der Waals surface area (Å²) in [4.78, 5) is 20.5. The van der Waals surface area contributed by atoms with E-state index in [4.69, 9.17) is 0 Å². The van der Waals surface area contributed by atoms with E-state index in [1.54, 1.807) is 13.2 Å². The molecule has 0 aliphatic heterocycles. The second-order valence-electron chi connectivity index (χ2n) is 5.62. The summed E-state index contributed by atoms with van der Waals surface area (Å²) in [6, 6.07) is 13.4. The number of pyridine rings is 1. The average molecular weight is 339 g/mol. The highest BCUT2D eigenvalue weighted by Crippen LogP contribution is 2.03. The number of carbonyl (C=O) groups is 1. The molecule has 1 aromatic heterocycles. The van der Waals surface area contributed by atoms with E-state index in [1.807, 2.05) is 49.4 Å². The topological polar surface area (TPSA) is 78.4 Å². The molecule has 0 saturated carbocycles. The van der Waals surface area contributed by atoms with Crippen molar-refractivity contribution >= 4 is 11.9 Å². The highest BCUT2D eigenvalue weighted by atomic mass is 16.1. The second kappa shape index (κ2) is 10.1. The van der Waals surface area contributed by atoms with Gasteiger partial charge in [-0.3, -0.25) is 14.8 Å². The van der Waals surface area contributed by atoms with Gasteiger partial charge in [0.1, 0.15) is 0 Å². The lowest BCUT2D eigenvalue weighted by atomic mass is 10.1. The maximum absolute atomic E-state index is 12.0. The Morgan fingerprint density at radius 3 is 2.56 bits per heavy atom. The van der Waals surface area contributed by atoms with Gasteiger partial charge in [0.25, 0.3) is 5.91 Å². The van der Waals surface area contributed by atoms with Gasteiger partial charge >= 0.3 is 0 Å². The zero-order valence-corrected chi connectivity index (χ0v) is 14.7. The van der Waals surface area contributed by atoms with Gasteiger partial charge < -0.3 is 16.0 Å². The normalized spacial score (nSPS) is 11.0. The molecule has 1 heterocycles. The molecule has 3 N–H and O–H groups in total. The Balaban J connectivity index is 1.64. The Kier molecular flexibility index (Phi) is 7.43. The smallest absolute Gasteiger partial charge is 0.251 e. The molecule has 0 radical (unpaired) electrons. The Hall–Kier alpha value is -2.89. The van der Waals surface area contributed by atoms with Crippen molar-refractivity contribution in [2.75, 3.05) is 26.7 Å². The lowest BCUT2D eigenvalue weighted by Crippen LogP contribution is -2.42. The first kappa shape index (κ1) is 18.4. The van der Waals surface area contributed by atoms with Gasteiger partial charge in [0.15, 0.2) is 5.96 Å². The minimum atomic E-state index is -0.0661. The molecule has 0 fully saturated rings. The van der Waals surface area contributed by atoms with E-state index >= 15 is 0 Å². The van der Waals surface area contributed by atoms with E-state index in [0.29, 0.717) is 24.6 Å². The first-order chi connectivity index (χ1) is 12.2. The van der Waals surface area contributed by atoms with Crippen molar-refractivity contribution in [1.29, 1.82) is 0 Å². The van der Waals surface area contributed by atoms with Crippen LogP contribution in [0.4, 0.5) is 0 Å².